The maximum Gasteiger partial charge on any atom is 0.0748 e. The number of ether oxygens (including phenoxy) is 1. The first-order chi connectivity index (χ1) is 7.25. The molecular weight excluding hydrogens is 190 g/mol. The Bertz CT molecular complexity index is 335. The molecule has 2 rings (SSSR count). The fourth-order valence-electron chi connectivity index (χ4n) is 1.77. The molecule has 15 heavy (non-hydrogen) atoms. The zero-order valence-corrected chi connectivity index (χ0v) is 8.70. The van der Waals surface area contributed by atoms with Gasteiger partial charge in [-0.2, -0.15) is 0 Å². The van der Waals surface area contributed by atoms with E-state index in [2.05, 4.69) is 5.32 Å². The van der Waals surface area contributed by atoms with E-state index in [-0.39, 0.29) is 0 Å². The standard InChI is InChI=1S/C11H17N3O/c12-8-3-4-11(10(13)6-8)14-7-9-2-1-5-15-9/h3-4,6,9,14H,1-2,5,7,12-13H2. The summed E-state index contributed by atoms with van der Waals surface area (Å²) in [5, 5.41) is 3.28. The monoisotopic (exact) mass is 207 g/mol. The lowest BCUT2D eigenvalue weighted by Crippen LogP contribution is -2.18. The minimum absolute atomic E-state index is 0.321. The van der Waals surface area contributed by atoms with Gasteiger partial charge in [-0.3, -0.25) is 0 Å². The molecule has 0 saturated carbocycles. The van der Waals surface area contributed by atoms with Crippen molar-refractivity contribution in [2.75, 3.05) is 29.9 Å². The lowest BCUT2D eigenvalue weighted by atomic mass is 10.2. The number of benzene rings is 1. The van der Waals surface area contributed by atoms with Crippen LogP contribution in [0.5, 0.6) is 0 Å². The third-order valence-electron chi connectivity index (χ3n) is 2.62. The Morgan fingerprint density at radius 2 is 2.27 bits per heavy atom. The van der Waals surface area contributed by atoms with Crippen molar-refractivity contribution in [3.05, 3.63) is 18.2 Å². The van der Waals surface area contributed by atoms with Gasteiger partial charge in [0.05, 0.1) is 17.5 Å². The Balaban J connectivity index is 1.92. The molecule has 1 aromatic carbocycles. The zero-order chi connectivity index (χ0) is 10.7. The average Bonchev–Trinajstić information content (AvgIpc) is 2.69. The number of nitrogen functional groups attached to an aromatic ring is 2. The summed E-state index contributed by atoms with van der Waals surface area (Å²) < 4.78 is 5.51. The van der Waals surface area contributed by atoms with Gasteiger partial charge in [-0.15, -0.1) is 0 Å². The van der Waals surface area contributed by atoms with Gasteiger partial charge in [0.1, 0.15) is 0 Å². The van der Waals surface area contributed by atoms with Crippen molar-refractivity contribution in [3.63, 3.8) is 0 Å². The molecule has 1 aliphatic heterocycles. The predicted octanol–water partition coefficient (Wildman–Crippen LogP) is 1.44. The Kier molecular flexibility index (Phi) is 2.97. The second-order valence-electron chi connectivity index (χ2n) is 3.86. The van der Waals surface area contributed by atoms with Crippen LogP contribution in [0.4, 0.5) is 17.1 Å². The average molecular weight is 207 g/mol. The van der Waals surface area contributed by atoms with E-state index < -0.39 is 0 Å². The highest BCUT2D eigenvalue weighted by atomic mass is 16.5. The minimum atomic E-state index is 0.321. The van der Waals surface area contributed by atoms with Crippen molar-refractivity contribution in [3.8, 4) is 0 Å². The summed E-state index contributed by atoms with van der Waals surface area (Å²) in [5.74, 6) is 0. The van der Waals surface area contributed by atoms with Crippen LogP contribution in [0.25, 0.3) is 0 Å². The Morgan fingerprint density at radius 3 is 2.93 bits per heavy atom. The summed E-state index contributed by atoms with van der Waals surface area (Å²) in [6, 6.07) is 5.51. The van der Waals surface area contributed by atoms with Crippen LogP contribution in [0.2, 0.25) is 0 Å². The second-order valence-corrected chi connectivity index (χ2v) is 3.86. The van der Waals surface area contributed by atoms with Gasteiger partial charge < -0.3 is 21.5 Å². The van der Waals surface area contributed by atoms with Crippen molar-refractivity contribution < 1.29 is 4.74 Å². The molecule has 0 spiro atoms. The van der Waals surface area contributed by atoms with Crippen LogP contribution in [-0.4, -0.2) is 19.3 Å². The Morgan fingerprint density at radius 1 is 1.40 bits per heavy atom. The molecule has 1 saturated heterocycles. The SMILES string of the molecule is Nc1ccc(NCC2CCCO2)c(N)c1. The van der Waals surface area contributed by atoms with Gasteiger partial charge in [-0.05, 0) is 31.0 Å². The van der Waals surface area contributed by atoms with Crippen molar-refractivity contribution in [2.45, 2.75) is 18.9 Å². The van der Waals surface area contributed by atoms with Crippen LogP contribution in [0.1, 0.15) is 12.8 Å². The van der Waals surface area contributed by atoms with Gasteiger partial charge in [-0.1, -0.05) is 0 Å². The highest BCUT2D eigenvalue weighted by Gasteiger charge is 2.15. The smallest absolute Gasteiger partial charge is 0.0748 e. The highest BCUT2D eigenvalue weighted by molar-refractivity contribution is 5.70. The maximum absolute atomic E-state index is 5.82. The van der Waals surface area contributed by atoms with Crippen molar-refractivity contribution in [2.24, 2.45) is 0 Å². The van der Waals surface area contributed by atoms with Crippen LogP contribution >= 0.6 is 0 Å². The number of nitrogens with two attached hydrogens (primary N) is 2. The van der Waals surface area contributed by atoms with Crippen molar-refractivity contribution >= 4 is 17.1 Å². The molecule has 1 heterocycles. The number of rotatable bonds is 3. The molecule has 4 heteroatoms. The van der Waals surface area contributed by atoms with Crippen molar-refractivity contribution in [1.29, 1.82) is 0 Å². The lowest BCUT2D eigenvalue weighted by Gasteiger charge is -2.13. The Labute approximate surface area is 89.6 Å². The van der Waals surface area contributed by atoms with E-state index in [4.69, 9.17) is 16.2 Å². The lowest BCUT2D eigenvalue weighted by molar-refractivity contribution is 0.120. The van der Waals surface area contributed by atoms with Gasteiger partial charge >= 0.3 is 0 Å². The summed E-state index contributed by atoms with van der Waals surface area (Å²) >= 11 is 0. The molecule has 0 aromatic heterocycles. The first-order valence-corrected chi connectivity index (χ1v) is 5.26. The summed E-state index contributed by atoms with van der Waals surface area (Å²) in [6.07, 6.45) is 2.60. The first-order valence-electron chi connectivity index (χ1n) is 5.26. The molecule has 1 aliphatic rings. The van der Waals surface area contributed by atoms with E-state index in [1.165, 1.54) is 0 Å². The predicted molar refractivity (Wildman–Crippen MR) is 62.7 cm³/mol. The van der Waals surface area contributed by atoms with Gasteiger partial charge in [0.25, 0.3) is 0 Å². The van der Waals surface area contributed by atoms with Crippen LogP contribution in [0.3, 0.4) is 0 Å². The molecule has 1 aromatic rings. The highest BCUT2D eigenvalue weighted by Crippen LogP contribution is 2.21. The fourth-order valence-corrected chi connectivity index (χ4v) is 1.77. The quantitative estimate of drug-likeness (QED) is 0.656. The number of hydrogen-bond donors (Lipinski definition) is 3. The summed E-state index contributed by atoms with van der Waals surface area (Å²) in [6.45, 7) is 1.69. The molecule has 4 nitrogen and oxygen atoms in total. The van der Waals surface area contributed by atoms with E-state index in [1.807, 2.05) is 12.1 Å². The van der Waals surface area contributed by atoms with Crippen LogP contribution < -0.4 is 16.8 Å². The van der Waals surface area contributed by atoms with Gasteiger partial charge in [0.15, 0.2) is 0 Å². The van der Waals surface area contributed by atoms with Gasteiger partial charge in [0, 0.05) is 18.8 Å². The summed E-state index contributed by atoms with van der Waals surface area (Å²) in [5.41, 5.74) is 13.7. The first kappa shape index (κ1) is 10.1. The Hall–Kier alpha value is -1.42. The summed E-state index contributed by atoms with van der Waals surface area (Å²) in [7, 11) is 0. The van der Waals surface area contributed by atoms with Crippen LogP contribution in [0, 0.1) is 0 Å². The number of hydrogen-bond acceptors (Lipinski definition) is 4. The molecule has 0 amide bonds. The van der Waals surface area contributed by atoms with E-state index in [0.717, 1.165) is 31.7 Å². The zero-order valence-electron chi connectivity index (χ0n) is 8.70. The van der Waals surface area contributed by atoms with Crippen LogP contribution in [-0.2, 0) is 4.74 Å². The van der Waals surface area contributed by atoms with E-state index in [0.29, 0.717) is 17.5 Å². The third kappa shape index (κ3) is 2.53. The second kappa shape index (κ2) is 4.40. The normalized spacial score (nSPS) is 20.4. The number of anilines is 3. The van der Waals surface area contributed by atoms with Crippen molar-refractivity contribution in [1.82, 2.24) is 0 Å². The molecule has 82 valence electrons. The molecule has 1 unspecified atom stereocenters. The largest absolute Gasteiger partial charge is 0.399 e. The van der Waals surface area contributed by atoms with E-state index >= 15 is 0 Å². The van der Waals surface area contributed by atoms with Gasteiger partial charge in [-0.25, -0.2) is 0 Å². The molecule has 1 fully saturated rings. The van der Waals surface area contributed by atoms with Gasteiger partial charge in [0.2, 0.25) is 0 Å². The van der Waals surface area contributed by atoms with E-state index in [1.54, 1.807) is 6.07 Å². The molecule has 0 radical (unpaired) electrons. The fraction of sp³-hybridized carbons (Fsp3) is 0.455. The molecule has 0 aliphatic carbocycles. The maximum atomic E-state index is 5.82. The molecule has 0 bridgehead atoms. The molecule has 1 atom stereocenters. The third-order valence-corrected chi connectivity index (χ3v) is 2.62. The topological polar surface area (TPSA) is 73.3 Å². The van der Waals surface area contributed by atoms with Crippen LogP contribution in [0.15, 0.2) is 18.2 Å². The van der Waals surface area contributed by atoms with E-state index in [9.17, 15) is 0 Å². The summed E-state index contributed by atoms with van der Waals surface area (Å²) in [4.78, 5) is 0. The molecule has 5 N–H and O–H groups in total. The minimum Gasteiger partial charge on any atom is -0.399 e. The number of nitrogens with one attached hydrogen (secondary N) is 1. The molecular formula is C11H17N3O.